The lowest BCUT2D eigenvalue weighted by Gasteiger charge is -2.30. The molecule has 5 heteroatoms. The molecular weight excluding hydrogens is 292 g/mol. The topological polar surface area (TPSA) is 59.5 Å². The van der Waals surface area contributed by atoms with Crippen LogP contribution in [0.25, 0.3) is 0 Å². The zero-order valence-electron chi connectivity index (χ0n) is 13.2. The van der Waals surface area contributed by atoms with E-state index in [0.29, 0.717) is 30.6 Å². The van der Waals surface area contributed by atoms with Crippen LogP contribution in [-0.4, -0.2) is 35.4 Å². The Labute approximate surface area is 134 Å². The fourth-order valence-electron chi connectivity index (χ4n) is 2.94. The number of aryl methyl sites for hydroxylation is 1. The van der Waals surface area contributed by atoms with Crippen LogP contribution in [0.4, 0.5) is 0 Å². The van der Waals surface area contributed by atoms with E-state index in [-0.39, 0.29) is 11.9 Å². The first kappa shape index (κ1) is 15.2. The van der Waals surface area contributed by atoms with Gasteiger partial charge >= 0.3 is 5.97 Å². The van der Waals surface area contributed by atoms with E-state index in [1.807, 2.05) is 31.2 Å². The number of rotatable bonds is 2. The number of hydrogen-bond donors (Lipinski definition) is 0. The second-order valence-electron chi connectivity index (χ2n) is 5.61. The molecule has 0 spiro atoms. The molecule has 0 unspecified atom stereocenters. The Kier molecular flexibility index (Phi) is 4.10. The molecule has 0 saturated carbocycles. The van der Waals surface area contributed by atoms with Crippen LogP contribution in [0, 0.1) is 6.92 Å². The monoisotopic (exact) mass is 310 g/mol. The average Bonchev–Trinajstić information content (AvgIpc) is 2.60. The zero-order chi connectivity index (χ0) is 16.4. The lowest BCUT2D eigenvalue weighted by Crippen LogP contribution is -2.37. The van der Waals surface area contributed by atoms with Crippen molar-refractivity contribution in [1.82, 2.24) is 9.88 Å². The molecule has 1 aromatic carbocycles. The molecular formula is C18H18N2O3. The number of hydrogen-bond acceptors (Lipinski definition) is 4. The van der Waals surface area contributed by atoms with E-state index in [0.717, 1.165) is 16.7 Å². The molecule has 1 aliphatic rings. The van der Waals surface area contributed by atoms with Crippen LogP contribution < -0.4 is 0 Å². The molecule has 2 heterocycles. The Morgan fingerprint density at radius 1 is 1.17 bits per heavy atom. The van der Waals surface area contributed by atoms with Crippen LogP contribution in [0.2, 0.25) is 0 Å². The van der Waals surface area contributed by atoms with Crippen LogP contribution in [0.3, 0.4) is 0 Å². The number of pyridine rings is 1. The normalized spacial score (nSPS) is 13.4. The molecule has 0 saturated heterocycles. The number of carbonyl (C=O) groups excluding carboxylic acids is 2. The van der Waals surface area contributed by atoms with Crippen molar-refractivity contribution in [3.8, 4) is 0 Å². The molecule has 0 atom stereocenters. The largest absolute Gasteiger partial charge is 0.465 e. The van der Waals surface area contributed by atoms with Crippen molar-refractivity contribution < 1.29 is 14.3 Å². The van der Waals surface area contributed by atoms with Crippen LogP contribution >= 0.6 is 0 Å². The van der Waals surface area contributed by atoms with Gasteiger partial charge in [-0.25, -0.2) is 4.79 Å². The van der Waals surface area contributed by atoms with Crippen LogP contribution in [-0.2, 0) is 17.7 Å². The minimum atomic E-state index is -0.381. The molecule has 0 aliphatic carbocycles. The van der Waals surface area contributed by atoms with Crippen molar-refractivity contribution in [2.24, 2.45) is 0 Å². The van der Waals surface area contributed by atoms with E-state index < -0.39 is 0 Å². The Balaban J connectivity index is 1.88. The third-order valence-electron chi connectivity index (χ3n) is 4.21. The summed E-state index contributed by atoms with van der Waals surface area (Å²) in [6.45, 7) is 2.97. The molecule has 2 aromatic rings. The van der Waals surface area contributed by atoms with Gasteiger partial charge in [0.05, 0.1) is 12.7 Å². The van der Waals surface area contributed by atoms with E-state index in [1.165, 1.54) is 13.3 Å². The third-order valence-corrected chi connectivity index (χ3v) is 4.21. The quantitative estimate of drug-likeness (QED) is 0.799. The molecule has 23 heavy (non-hydrogen) atoms. The van der Waals surface area contributed by atoms with Gasteiger partial charge in [0, 0.05) is 31.0 Å². The summed E-state index contributed by atoms with van der Waals surface area (Å²) in [5, 5.41) is 0. The predicted octanol–water partition coefficient (Wildman–Crippen LogP) is 2.38. The first-order valence-corrected chi connectivity index (χ1v) is 7.50. The van der Waals surface area contributed by atoms with Crippen molar-refractivity contribution in [3.05, 3.63) is 64.5 Å². The first-order chi connectivity index (χ1) is 11.1. The van der Waals surface area contributed by atoms with Crippen LogP contribution in [0.15, 0.2) is 36.7 Å². The van der Waals surface area contributed by atoms with Crippen molar-refractivity contribution in [3.63, 3.8) is 0 Å². The van der Waals surface area contributed by atoms with Gasteiger partial charge in [0.2, 0.25) is 0 Å². The summed E-state index contributed by atoms with van der Waals surface area (Å²) in [6, 6.07) is 7.57. The molecule has 1 amide bonds. The summed E-state index contributed by atoms with van der Waals surface area (Å²) in [6.07, 6.45) is 3.88. The molecule has 1 aromatic heterocycles. The minimum Gasteiger partial charge on any atom is -0.465 e. The maximum Gasteiger partial charge on any atom is 0.339 e. The maximum atomic E-state index is 12.7. The number of benzene rings is 1. The van der Waals surface area contributed by atoms with Gasteiger partial charge in [-0.2, -0.15) is 0 Å². The number of methoxy groups -OCH3 is 1. The molecule has 1 aliphatic heterocycles. The van der Waals surface area contributed by atoms with Crippen molar-refractivity contribution in [2.45, 2.75) is 19.9 Å². The third kappa shape index (κ3) is 2.82. The van der Waals surface area contributed by atoms with Gasteiger partial charge in [-0.05, 0) is 36.1 Å². The number of carbonyl (C=O) groups is 2. The lowest BCUT2D eigenvalue weighted by atomic mass is 9.96. The zero-order valence-corrected chi connectivity index (χ0v) is 13.2. The molecule has 3 rings (SSSR count). The van der Waals surface area contributed by atoms with Crippen LogP contribution in [0.1, 0.15) is 37.4 Å². The van der Waals surface area contributed by atoms with Gasteiger partial charge in [0.1, 0.15) is 0 Å². The molecule has 5 nitrogen and oxygen atoms in total. The fourth-order valence-corrected chi connectivity index (χ4v) is 2.94. The highest BCUT2D eigenvalue weighted by Crippen LogP contribution is 2.24. The molecule has 0 radical (unpaired) electrons. The van der Waals surface area contributed by atoms with E-state index in [1.54, 1.807) is 11.1 Å². The Hall–Kier alpha value is -2.69. The second-order valence-corrected chi connectivity index (χ2v) is 5.61. The van der Waals surface area contributed by atoms with E-state index in [9.17, 15) is 9.59 Å². The van der Waals surface area contributed by atoms with Gasteiger partial charge in [-0.15, -0.1) is 0 Å². The number of aromatic nitrogens is 1. The van der Waals surface area contributed by atoms with Crippen LogP contribution in [0.5, 0.6) is 0 Å². The standard InChI is InChI=1S/C18H18N2O3/c1-12-5-3-4-6-14(12)17(21)20-8-7-15-13(11-20)9-19-10-16(15)18(22)23-2/h3-6,9-10H,7-8,11H2,1-2H3. The van der Waals surface area contributed by atoms with Gasteiger partial charge in [-0.3, -0.25) is 9.78 Å². The van der Waals surface area contributed by atoms with Gasteiger partial charge in [0.25, 0.3) is 5.91 Å². The molecule has 0 fully saturated rings. The van der Waals surface area contributed by atoms with Gasteiger partial charge in [0.15, 0.2) is 0 Å². The highest BCUT2D eigenvalue weighted by molar-refractivity contribution is 5.96. The summed E-state index contributed by atoms with van der Waals surface area (Å²) in [5.74, 6) is -0.370. The SMILES string of the molecule is COC(=O)c1cncc2c1CCN(C(=O)c1ccccc1C)C2. The average molecular weight is 310 g/mol. The van der Waals surface area contributed by atoms with Gasteiger partial charge in [-0.1, -0.05) is 18.2 Å². The summed E-state index contributed by atoms with van der Waals surface area (Å²) in [7, 11) is 1.36. The fraction of sp³-hybridized carbons (Fsp3) is 0.278. The Bertz CT molecular complexity index is 771. The van der Waals surface area contributed by atoms with Crippen molar-refractivity contribution >= 4 is 11.9 Å². The smallest absolute Gasteiger partial charge is 0.339 e. The highest BCUT2D eigenvalue weighted by Gasteiger charge is 2.26. The van der Waals surface area contributed by atoms with Crippen molar-refractivity contribution in [2.75, 3.05) is 13.7 Å². The number of fused-ring (bicyclic) bond motifs is 1. The second kappa shape index (κ2) is 6.20. The number of esters is 1. The van der Waals surface area contributed by atoms with E-state index in [2.05, 4.69) is 4.98 Å². The number of nitrogens with zero attached hydrogens (tertiary/aromatic N) is 2. The highest BCUT2D eigenvalue weighted by atomic mass is 16.5. The Morgan fingerprint density at radius 3 is 2.70 bits per heavy atom. The summed E-state index contributed by atoms with van der Waals surface area (Å²) in [4.78, 5) is 30.5. The Morgan fingerprint density at radius 2 is 1.96 bits per heavy atom. The molecule has 118 valence electrons. The number of ether oxygens (including phenoxy) is 1. The summed E-state index contributed by atoms with van der Waals surface area (Å²) < 4.78 is 4.80. The maximum absolute atomic E-state index is 12.7. The lowest BCUT2D eigenvalue weighted by molar-refractivity contribution is 0.0598. The van der Waals surface area contributed by atoms with E-state index >= 15 is 0 Å². The van der Waals surface area contributed by atoms with E-state index in [4.69, 9.17) is 4.74 Å². The number of amides is 1. The summed E-state index contributed by atoms with van der Waals surface area (Å²) in [5.41, 5.74) is 4.01. The molecule has 0 N–H and O–H groups in total. The summed E-state index contributed by atoms with van der Waals surface area (Å²) >= 11 is 0. The van der Waals surface area contributed by atoms with Crippen molar-refractivity contribution in [1.29, 1.82) is 0 Å². The predicted molar refractivity (Wildman–Crippen MR) is 85.2 cm³/mol. The first-order valence-electron chi connectivity index (χ1n) is 7.50. The van der Waals surface area contributed by atoms with Gasteiger partial charge < -0.3 is 9.64 Å². The minimum absolute atomic E-state index is 0.0113. The molecule has 0 bridgehead atoms.